The number of hydrogen-bond acceptors (Lipinski definition) is 4. The van der Waals surface area contributed by atoms with Gasteiger partial charge in [0.1, 0.15) is 0 Å². The lowest BCUT2D eigenvalue weighted by Crippen LogP contribution is -2.44. The molecule has 3 fully saturated rings. The zero-order valence-corrected chi connectivity index (χ0v) is 13.8. The molecule has 0 radical (unpaired) electrons. The molecule has 0 aromatic carbocycles. The van der Waals surface area contributed by atoms with Gasteiger partial charge in [-0.1, -0.05) is 6.92 Å². The minimum Gasteiger partial charge on any atom is -0.342 e. The summed E-state index contributed by atoms with van der Waals surface area (Å²) >= 11 is 0. The average Bonchev–Trinajstić information content (AvgIpc) is 3.00. The molecule has 0 aliphatic carbocycles. The molecule has 0 aromatic heterocycles. The molecule has 7 heteroatoms. The van der Waals surface area contributed by atoms with E-state index in [0.29, 0.717) is 18.9 Å². The van der Waals surface area contributed by atoms with Crippen molar-refractivity contribution in [3.05, 3.63) is 0 Å². The van der Waals surface area contributed by atoms with Crippen LogP contribution in [0.15, 0.2) is 0 Å². The van der Waals surface area contributed by atoms with Gasteiger partial charge >= 0.3 is 0 Å². The van der Waals surface area contributed by atoms with Gasteiger partial charge in [0, 0.05) is 32.1 Å². The Hall–Kier alpha value is -1.11. The fourth-order valence-electron chi connectivity index (χ4n) is 3.92. The lowest BCUT2D eigenvalue weighted by atomic mass is 9.98. The molecular formula is C15H24N2O4S. The molecule has 3 aliphatic heterocycles. The summed E-state index contributed by atoms with van der Waals surface area (Å²) in [5, 5.41) is 0. The molecule has 0 spiro atoms. The maximum Gasteiger partial charge on any atom is 0.228 e. The van der Waals surface area contributed by atoms with E-state index in [2.05, 4.69) is 6.92 Å². The third-order valence-corrected chi connectivity index (χ3v) is 6.88. The third kappa shape index (κ3) is 3.14. The van der Waals surface area contributed by atoms with Crippen molar-refractivity contribution in [1.29, 1.82) is 0 Å². The van der Waals surface area contributed by atoms with Crippen molar-refractivity contribution in [1.82, 2.24) is 9.80 Å². The summed E-state index contributed by atoms with van der Waals surface area (Å²) in [4.78, 5) is 28.3. The largest absolute Gasteiger partial charge is 0.342 e. The molecule has 6 nitrogen and oxygen atoms in total. The van der Waals surface area contributed by atoms with E-state index in [1.807, 2.05) is 4.90 Å². The number of amides is 2. The first kappa shape index (κ1) is 15.8. The van der Waals surface area contributed by atoms with Gasteiger partial charge in [-0.15, -0.1) is 0 Å². The molecule has 2 amide bonds. The highest BCUT2D eigenvalue weighted by Gasteiger charge is 2.43. The van der Waals surface area contributed by atoms with E-state index < -0.39 is 9.84 Å². The smallest absolute Gasteiger partial charge is 0.228 e. The first-order valence-electron chi connectivity index (χ1n) is 8.14. The number of hydrogen-bond donors (Lipinski definition) is 0. The topological polar surface area (TPSA) is 74.8 Å². The lowest BCUT2D eigenvalue weighted by Gasteiger charge is -2.32. The monoisotopic (exact) mass is 328 g/mol. The fourth-order valence-corrected chi connectivity index (χ4v) is 5.65. The van der Waals surface area contributed by atoms with Gasteiger partial charge < -0.3 is 9.80 Å². The van der Waals surface area contributed by atoms with E-state index in [4.69, 9.17) is 0 Å². The zero-order chi connectivity index (χ0) is 15.9. The van der Waals surface area contributed by atoms with Gasteiger partial charge in [0.2, 0.25) is 11.8 Å². The van der Waals surface area contributed by atoms with Crippen LogP contribution in [0.25, 0.3) is 0 Å². The van der Waals surface area contributed by atoms with Crippen LogP contribution < -0.4 is 0 Å². The number of carbonyl (C=O) groups excluding carboxylic acids is 2. The number of likely N-dealkylation sites (tertiary alicyclic amines) is 2. The van der Waals surface area contributed by atoms with Gasteiger partial charge in [-0.3, -0.25) is 9.59 Å². The van der Waals surface area contributed by atoms with Crippen LogP contribution in [0.1, 0.15) is 32.6 Å². The van der Waals surface area contributed by atoms with E-state index in [0.717, 1.165) is 25.9 Å². The van der Waals surface area contributed by atoms with E-state index >= 15 is 0 Å². The van der Waals surface area contributed by atoms with Crippen molar-refractivity contribution in [2.45, 2.75) is 38.6 Å². The molecule has 124 valence electrons. The van der Waals surface area contributed by atoms with Gasteiger partial charge in [-0.2, -0.15) is 0 Å². The van der Waals surface area contributed by atoms with Crippen molar-refractivity contribution in [2.24, 2.45) is 11.8 Å². The van der Waals surface area contributed by atoms with Gasteiger partial charge in [0.25, 0.3) is 0 Å². The zero-order valence-electron chi connectivity index (χ0n) is 13.0. The summed E-state index contributed by atoms with van der Waals surface area (Å²) in [6.07, 6.45) is 2.92. The van der Waals surface area contributed by atoms with Crippen molar-refractivity contribution >= 4 is 21.7 Å². The molecule has 22 heavy (non-hydrogen) atoms. The normalized spacial score (nSPS) is 35.1. The van der Waals surface area contributed by atoms with Crippen molar-refractivity contribution in [2.75, 3.05) is 31.1 Å². The Morgan fingerprint density at radius 2 is 2.00 bits per heavy atom. The maximum atomic E-state index is 12.6. The van der Waals surface area contributed by atoms with Gasteiger partial charge in [0.15, 0.2) is 9.84 Å². The Labute approximate surface area is 131 Å². The minimum atomic E-state index is -3.01. The maximum absolute atomic E-state index is 12.6. The Kier molecular flexibility index (Phi) is 4.18. The molecule has 3 rings (SSSR count). The van der Waals surface area contributed by atoms with Crippen LogP contribution in [0.2, 0.25) is 0 Å². The highest BCUT2D eigenvalue weighted by Crippen LogP contribution is 2.28. The summed E-state index contributed by atoms with van der Waals surface area (Å²) in [6.45, 7) is 4.10. The SMILES string of the molecule is CC1CCCN(C(=O)C2CC(=O)N(C3CCS(=O)(=O)C3)C2)C1. The van der Waals surface area contributed by atoms with Crippen molar-refractivity contribution in [3.8, 4) is 0 Å². The Morgan fingerprint density at radius 1 is 1.23 bits per heavy atom. The van der Waals surface area contributed by atoms with Crippen LogP contribution in [0.4, 0.5) is 0 Å². The average molecular weight is 328 g/mol. The van der Waals surface area contributed by atoms with E-state index in [-0.39, 0.29) is 41.7 Å². The molecule has 0 bridgehead atoms. The molecular weight excluding hydrogens is 304 g/mol. The Bertz CT molecular complexity index is 574. The van der Waals surface area contributed by atoms with Gasteiger partial charge in [-0.05, 0) is 25.2 Å². The fraction of sp³-hybridized carbons (Fsp3) is 0.867. The van der Waals surface area contributed by atoms with Crippen LogP contribution in [0.3, 0.4) is 0 Å². The van der Waals surface area contributed by atoms with Crippen LogP contribution in [0.5, 0.6) is 0 Å². The van der Waals surface area contributed by atoms with E-state index in [9.17, 15) is 18.0 Å². The highest BCUT2D eigenvalue weighted by atomic mass is 32.2. The first-order chi connectivity index (χ1) is 10.4. The lowest BCUT2D eigenvalue weighted by molar-refractivity contribution is -0.137. The molecule has 0 saturated carbocycles. The molecule has 0 N–H and O–H groups in total. The van der Waals surface area contributed by atoms with Gasteiger partial charge in [0.05, 0.1) is 17.4 Å². The Balaban J connectivity index is 1.63. The summed E-state index contributed by atoms with van der Waals surface area (Å²) in [7, 11) is -3.01. The highest BCUT2D eigenvalue weighted by molar-refractivity contribution is 7.91. The molecule has 3 heterocycles. The second kappa shape index (κ2) is 5.83. The van der Waals surface area contributed by atoms with Crippen LogP contribution in [0, 0.1) is 11.8 Å². The summed E-state index contributed by atoms with van der Waals surface area (Å²) in [5.41, 5.74) is 0. The summed E-state index contributed by atoms with van der Waals surface area (Å²) in [5.74, 6) is 0.449. The predicted octanol–water partition coefficient (Wildman–Crippen LogP) is 0.281. The minimum absolute atomic E-state index is 0.0560. The molecule has 3 aliphatic rings. The van der Waals surface area contributed by atoms with E-state index in [1.54, 1.807) is 4.90 Å². The van der Waals surface area contributed by atoms with E-state index in [1.165, 1.54) is 0 Å². The summed E-state index contributed by atoms with van der Waals surface area (Å²) < 4.78 is 23.2. The second-order valence-electron chi connectivity index (χ2n) is 7.04. The standard InChI is InChI=1S/C15H24N2O4S/c1-11-3-2-5-16(8-11)15(19)12-7-14(18)17(9-12)13-4-6-22(20,21)10-13/h11-13H,2-10H2,1H3. The number of nitrogens with zero attached hydrogens (tertiary/aromatic N) is 2. The quantitative estimate of drug-likeness (QED) is 0.730. The molecule has 3 unspecified atom stereocenters. The van der Waals surface area contributed by atoms with Crippen molar-refractivity contribution < 1.29 is 18.0 Å². The predicted molar refractivity (Wildman–Crippen MR) is 81.9 cm³/mol. The summed E-state index contributed by atoms with van der Waals surface area (Å²) in [6, 6.07) is -0.226. The number of sulfone groups is 1. The van der Waals surface area contributed by atoms with Crippen LogP contribution in [-0.2, 0) is 19.4 Å². The number of piperidine rings is 1. The number of carbonyl (C=O) groups is 2. The second-order valence-corrected chi connectivity index (χ2v) is 9.26. The number of rotatable bonds is 2. The van der Waals surface area contributed by atoms with Crippen LogP contribution >= 0.6 is 0 Å². The third-order valence-electron chi connectivity index (χ3n) is 5.13. The molecule has 0 aromatic rings. The van der Waals surface area contributed by atoms with Crippen molar-refractivity contribution in [3.63, 3.8) is 0 Å². The first-order valence-corrected chi connectivity index (χ1v) is 9.96. The molecule has 3 atom stereocenters. The van der Waals surface area contributed by atoms with Gasteiger partial charge in [-0.25, -0.2) is 8.42 Å². The Morgan fingerprint density at radius 3 is 2.64 bits per heavy atom. The molecule has 3 saturated heterocycles. The van der Waals surface area contributed by atoms with Crippen LogP contribution in [-0.4, -0.2) is 67.2 Å².